The highest BCUT2D eigenvalue weighted by Gasteiger charge is 2.26. The lowest BCUT2D eigenvalue weighted by atomic mass is 10.0. The standard InChI is InChI=1S/C18H22N2O3/c1-11(2)16(18(22)23)19-17(21)15-10-12(3)20(13(15)4)14-8-6-5-7-9-14/h5-11,16H,1-4H3,(H,19,21)(H,22,23). The minimum atomic E-state index is -1.02. The van der Waals surface area contributed by atoms with E-state index in [9.17, 15) is 14.7 Å². The monoisotopic (exact) mass is 314 g/mol. The third-order valence-electron chi connectivity index (χ3n) is 3.91. The zero-order valence-corrected chi connectivity index (χ0v) is 13.8. The number of aliphatic carboxylic acids is 1. The van der Waals surface area contributed by atoms with Gasteiger partial charge in [-0.05, 0) is 38.0 Å². The molecule has 0 spiro atoms. The molecular formula is C18H22N2O3. The summed E-state index contributed by atoms with van der Waals surface area (Å²) in [4.78, 5) is 23.8. The van der Waals surface area contributed by atoms with E-state index in [1.165, 1.54) is 0 Å². The number of aryl methyl sites for hydroxylation is 1. The Morgan fingerprint density at radius 1 is 1.13 bits per heavy atom. The second-order valence-corrected chi connectivity index (χ2v) is 5.99. The molecule has 0 aliphatic rings. The number of amides is 1. The van der Waals surface area contributed by atoms with E-state index < -0.39 is 12.0 Å². The Morgan fingerprint density at radius 3 is 2.26 bits per heavy atom. The summed E-state index contributed by atoms with van der Waals surface area (Å²) in [6.07, 6.45) is 0. The summed E-state index contributed by atoms with van der Waals surface area (Å²) in [6.45, 7) is 7.33. The van der Waals surface area contributed by atoms with E-state index in [2.05, 4.69) is 5.32 Å². The van der Waals surface area contributed by atoms with Gasteiger partial charge in [-0.1, -0.05) is 32.0 Å². The number of nitrogens with zero attached hydrogens (tertiary/aromatic N) is 1. The SMILES string of the molecule is Cc1cc(C(=O)NC(C(=O)O)C(C)C)c(C)n1-c1ccccc1. The largest absolute Gasteiger partial charge is 0.480 e. The van der Waals surface area contributed by atoms with Gasteiger partial charge < -0.3 is 15.0 Å². The van der Waals surface area contributed by atoms with Crippen LogP contribution in [0.1, 0.15) is 35.6 Å². The second-order valence-electron chi connectivity index (χ2n) is 5.99. The summed E-state index contributed by atoms with van der Waals surface area (Å²) in [6, 6.07) is 10.6. The van der Waals surface area contributed by atoms with Crippen molar-refractivity contribution >= 4 is 11.9 Å². The summed E-state index contributed by atoms with van der Waals surface area (Å²) in [7, 11) is 0. The molecule has 2 rings (SSSR count). The zero-order valence-electron chi connectivity index (χ0n) is 13.8. The molecule has 1 atom stereocenters. The summed E-state index contributed by atoms with van der Waals surface area (Å²) < 4.78 is 1.99. The van der Waals surface area contributed by atoms with Gasteiger partial charge in [0.2, 0.25) is 0 Å². The van der Waals surface area contributed by atoms with Gasteiger partial charge in [-0.25, -0.2) is 4.79 Å². The normalized spacial score (nSPS) is 12.2. The van der Waals surface area contributed by atoms with Crippen LogP contribution in [0, 0.1) is 19.8 Å². The quantitative estimate of drug-likeness (QED) is 0.891. The molecule has 1 amide bonds. The molecule has 5 heteroatoms. The van der Waals surface area contributed by atoms with Crippen molar-refractivity contribution in [3.8, 4) is 5.69 Å². The second kappa shape index (κ2) is 6.69. The van der Waals surface area contributed by atoms with Crippen molar-refractivity contribution in [2.24, 2.45) is 5.92 Å². The number of hydrogen-bond acceptors (Lipinski definition) is 2. The zero-order chi connectivity index (χ0) is 17.1. The number of aromatic nitrogens is 1. The molecule has 1 aromatic heterocycles. The summed E-state index contributed by atoms with van der Waals surface area (Å²) in [5, 5.41) is 11.8. The van der Waals surface area contributed by atoms with Crippen molar-refractivity contribution in [2.75, 3.05) is 0 Å². The highest BCUT2D eigenvalue weighted by atomic mass is 16.4. The molecular weight excluding hydrogens is 292 g/mol. The number of carboxylic acid groups (broad SMARTS) is 1. The Morgan fingerprint density at radius 2 is 1.74 bits per heavy atom. The molecule has 2 aromatic rings. The van der Waals surface area contributed by atoms with Crippen LogP contribution in [0.3, 0.4) is 0 Å². The van der Waals surface area contributed by atoms with Crippen molar-refractivity contribution in [3.63, 3.8) is 0 Å². The first-order valence-electron chi connectivity index (χ1n) is 7.61. The number of nitrogens with one attached hydrogen (secondary N) is 1. The van der Waals surface area contributed by atoms with E-state index in [0.717, 1.165) is 17.1 Å². The Balaban J connectivity index is 2.35. The van der Waals surface area contributed by atoms with Crippen LogP contribution >= 0.6 is 0 Å². The van der Waals surface area contributed by atoms with Crippen LogP contribution in [-0.4, -0.2) is 27.6 Å². The maximum Gasteiger partial charge on any atom is 0.326 e. The predicted octanol–water partition coefficient (Wildman–Crippen LogP) is 2.93. The Hall–Kier alpha value is -2.56. The molecule has 1 heterocycles. The fourth-order valence-corrected chi connectivity index (χ4v) is 2.70. The lowest BCUT2D eigenvalue weighted by molar-refractivity contribution is -0.140. The van der Waals surface area contributed by atoms with Gasteiger partial charge in [0.1, 0.15) is 6.04 Å². The predicted molar refractivity (Wildman–Crippen MR) is 89.0 cm³/mol. The molecule has 0 fully saturated rings. The van der Waals surface area contributed by atoms with Crippen LogP contribution in [-0.2, 0) is 4.79 Å². The van der Waals surface area contributed by atoms with Crippen molar-refractivity contribution in [3.05, 3.63) is 53.3 Å². The van der Waals surface area contributed by atoms with E-state index >= 15 is 0 Å². The molecule has 5 nitrogen and oxygen atoms in total. The number of rotatable bonds is 5. The smallest absolute Gasteiger partial charge is 0.326 e. The van der Waals surface area contributed by atoms with E-state index in [-0.39, 0.29) is 11.8 Å². The molecule has 0 saturated heterocycles. The van der Waals surface area contributed by atoms with Crippen molar-refractivity contribution in [2.45, 2.75) is 33.7 Å². The van der Waals surface area contributed by atoms with Crippen LogP contribution in [0.2, 0.25) is 0 Å². The van der Waals surface area contributed by atoms with Crippen LogP contribution in [0.25, 0.3) is 5.69 Å². The van der Waals surface area contributed by atoms with Gasteiger partial charge in [-0.15, -0.1) is 0 Å². The Labute approximate surface area is 135 Å². The molecule has 0 radical (unpaired) electrons. The van der Waals surface area contributed by atoms with Crippen LogP contribution in [0.5, 0.6) is 0 Å². The van der Waals surface area contributed by atoms with E-state index in [1.807, 2.05) is 48.7 Å². The molecule has 0 saturated carbocycles. The first-order chi connectivity index (χ1) is 10.8. The lowest BCUT2D eigenvalue weighted by Crippen LogP contribution is -2.44. The van der Waals surface area contributed by atoms with E-state index in [0.29, 0.717) is 5.56 Å². The van der Waals surface area contributed by atoms with Crippen LogP contribution in [0.15, 0.2) is 36.4 Å². The van der Waals surface area contributed by atoms with Gasteiger partial charge in [0, 0.05) is 17.1 Å². The average Bonchev–Trinajstić information content (AvgIpc) is 2.79. The Bertz CT molecular complexity index is 717. The number of carbonyl (C=O) groups excluding carboxylic acids is 1. The van der Waals surface area contributed by atoms with Gasteiger partial charge in [0.15, 0.2) is 0 Å². The molecule has 0 aliphatic carbocycles. The first kappa shape index (κ1) is 16.8. The number of benzene rings is 1. The lowest BCUT2D eigenvalue weighted by Gasteiger charge is -2.18. The first-order valence-corrected chi connectivity index (χ1v) is 7.61. The summed E-state index contributed by atoms with van der Waals surface area (Å²) in [5.41, 5.74) is 3.19. The van der Waals surface area contributed by atoms with Gasteiger partial charge >= 0.3 is 5.97 Å². The highest BCUT2D eigenvalue weighted by Crippen LogP contribution is 2.21. The van der Waals surface area contributed by atoms with Gasteiger partial charge in [0.05, 0.1) is 5.56 Å². The van der Waals surface area contributed by atoms with Crippen molar-refractivity contribution < 1.29 is 14.7 Å². The number of carboxylic acids is 1. The summed E-state index contributed by atoms with van der Waals surface area (Å²) >= 11 is 0. The molecule has 1 unspecified atom stereocenters. The third-order valence-corrected chi connectivity index (χ3v) is 3.91. The maximum absolute atomic E-state index is 12.5. The molecule has 122 valence electrons. The van der Waals surface area contributed by atoms with Gasteiger partial charge in [-0.3, -0.25) is 4.79 Å². The Kier molecular flexibility index (Phi) is 4.89. The molecule has 2 N–H and O–H groups in total. The van der Waals surface area contributed by atoms with Crippen molar-refractivity contribution in [1.82, 2.24) is 9.88 Å². The maximum atomic E-state index is 12.5. The van der Waals surface area contributed by atoms with E-state index in [1.54, 1.807) is 19.9 Å². The fraction of sp³-hybridized carbons (Fsp3) is 0.333. The fourth-order valence-electron chi connectivity index (χ4n) is 2.70. The van der Waals surface area contributed by atoms with Gasteiger partial charge in [0.25, 0.3) is 5.91 Å². The highest BCUT2D eigenvalue weighted by molar-refractivity contribution is 5.98. The van der Waals surface area contributed by atoms with Crippen LogP contribution < -0.4 is 5.32 Å². The minimum absolute atomic E-state index is 0.186. The average molecular weight is 314 g/mol. The number of carbonyl (C=O) groups is 2. The topological polar surface area (TPSA) is 71.3 Å². The van der Waals surface area contributed by atoms with Crippen LogP contribution in [0.4, 0.5) is 0 Å². The molecule has 0 aliphatic heterocycles. The third kappa shape index (κ3) is 3.44. The van der Waals surface area contributed by atoms with Gasteiger partial charge in [-0.2, -0.15) is 0 Å². The molecule has 23 heavy (non-hydrogen) atoms. The number of hydrogen-bond donors (Lipinski definition) is 2. The molecule has 1 aromatic carbocycles. The number of para-hydroxylation sites is 1. The van der Waals surface area contributed by atoms with Crippen molar-refractivity contribution in [1.29, 1.82) is 0 Å². The van der Waals surface area contributed by atoms with E-state index in [4.69, 9.17) is 0 Å². The summed E-state index contributed by atoms with van der Waals surface area (Å²) in [5.74, 6) is -1.57. The molecule has 0 bridgehead atoms. The minimum Gasteiger partial charge on any atom is -0.480 e.